The average Bonchev–Trinajstić information content (AvgIpc) is 2.26. The summed E-state index contributed by atoms with van der Waals surface area (Å²) in [6.45, 7) is 5.64. The van der Waals surface area contributed by atoms with Crippen molar-refractivity contribution in [2.75, 3.05) is 0 Å². The fourth-order valence-electron chi connectivity index (χ4n) is 1.43. The van der Waals surface area contributed by atoms with Gasteiger partial charge in [0.2, 0.25) is 0 Å². The van der Waals surface area contributed by atoms with E-state index in [0.29, 0.717) is 12.8 Å². The van der Waals surface area contributed by atoms with Gasteiger partial charge in [-0.2, -0.15) is 0 Å². The molecule has 0 aromatic rings. The van der Waals surface area contributed by atoms with Gasteiger partial charge < -0.3 is 4.79 Å². The highest BCUT2D eigenvalue weighted by Gasteiger charge is 2.01. The van der Waals surface area contributed by atoms with Crippen molar-refractivity contribution in [3.8, 4) is 0 Å². The van der Waals surface area contributed by atoms with E-state index in [2.05, 4.69) is 19.1 Å². The molecule has 0 fully saturated rings. The number of hydrogen-bond acceptors (Lipinski definition) is 2. The van der Waals surface area contributed by atoms with Gasteiger partial charge in [-0.05, 0) is 39.2 Å². The van der Waals surface area contributed by atoms with E-state index in [1.807, 2.05) is 6.92 Å². The molecule has 96 valence electrons. The fourth-order valence-corrected chi connectivity index (χ4v) is 1.43. The normalized spacial score (nSPS) is 12.1. The molecule has 0 spiro atoms. The van der Waals surface area contributed by atoms with E-state index in [4.69, 9.17) is 0 Å². The molecule has 0 N–H and O–H groups in total. The SMILES string of the molecule is CCCC=CCCC(C)=CC(=O)CCC(C)=O. The number of rotatable bonds is 9. The van der Waals surface area contributed by atoms with Crippen molar-refractivity contribution in [2.45, 2.75) is 59.3 Å². The molecule has 0 atom stereocenters. The van der Waals surface area contributed by atoms with Crippen LogP contribution in [0.1, 0.15) is 59.3 Å². The molecule has 0 unspecified atom stereocenters. The molecule has 0 aliphatic rings. The molecule has 2 nitrogen and oxygen atoms in total. The molecule has 17 heavy (non-hydrogen) atoms. The van der Waals surface area contributed by atoms with Crippen LogP contribution in [-0.2, 0) is 9.59 Å². The van der Waals surface area contributed by atoms with Crippen LogP contribution in [0.5, 0.6) is 0 Å². The highest BCUT2D eigenvalue weighted by Crippen LogP contribution is 2.07. The summed E-state index contributed by atoms with van der Waals surface area (Å²) in [5.41, 5.74) is 1.10. The summed E-state index contributed by atoms with van der Waals surface area (Å²) in [5, 5.41) is 0. The van der Waals surface area contributed by atoms with Crippen molar-refractivity contribution in [1.29, 1.82) is 0 Å². The Morgan fingerprint density at radius 2 is 1.59 bits per heavy atom. The third kappa shape index (κ3) is 11.1. The summed E-state index contributed by atoms with van der Waals surface area (Å²) >= 11 is 0. The minimum Gasteiger partial charge on any atom is -0.300 e. The van der Waals surface area contributed by atoms with Crippen molar-refractivity contribution < 1.29 is 9.59 Å². The Bertz CT molecular complexity index is 298. The van der Waals surface area contributed by atoms with Crippen molar-refractivity contribution in [3.63, 3.8) is 0 Å². The lowest BCUT2D eigenvalue weighted by atomic mass is 10.1. The highest BCUT2D eigenvalue weighted by molar-refractivity contribution is 5.92. The zero-order chi connectivity index (χ0) is 13.1. The number of ketones is 2. The first kappa shape index (κ1) is 15.8. The maximum Gasteiger partial charge on any atom is 0.156 e. The predicted octanol–water partition coefficient (Wildman–Crippen LogP) is 4.01. The molecule has 0 heterocycles. The number of carbonyl (C=O) groups is 2. The summed E-state index contributed by atoms with van der Waals surface area (Å²) in [6, 6.07) is 0. The lowest BCUT2D eigenvalue weighted by Crippen LogP contribution is -1.98. The standard InChI is InChI=1S/C15H24O2/c1-4-5-6-7-8-9-13(2)12-15(17)11-10-14(3)16/h6-7,12H,4-5,8-11H2,1-3H3. The summed E-state index contributed by atoms with van der Waals surface area (Å²) in [6.07, 6.45) is 10.9. The third-order valence-corrected chi connectivity index (χ3v) is 2.46. The van der Waals surface area contributed by atoms with Gasteiger partial charge in [-0.1, -0.05) is 31.1 Å². The maximum absolute atomic E-state index is 11.4. The first-order valence-corrected chi connectivity index (χ1v) is 6.40. The molecule has 0 aliphatic heterocycles. The van der Waals surface area contributed by atoms with Gasteiger partial charge in [0.1, 0.15) is 5.78 Å². The smallest absolute Gasteiger partial charge is 0.156 e. The Morgan fingerprint density at radius 3 is 2.18 bits per heavy atom. The zero-order valence-corrected chi connectivity index (χ0v) is 11.3. The molecule has 0 amide bonds. The largest absolute Gasteiger partial charge is 0.300 e. The molecule has 2 heteroatoms. The number of carbonyl (C=O) groups excluding carboxylic acids is 2. The van der Waals surface area contributed by atoms with E-state index < -0.39 is 0 Å². The van der Waals surface area contributed by atoms with Crippen molar-refractivity contribution >= 4 is 11.6 Å². The highest BCUT2D eigenvalue weighted by atomic mass is 16.1. The van der Waals surface area contributed by atoms with Crippen LogP contribution in [0.2, 0.25) is 0 Å². The summed E-state index contributed by atoms with van der Waals surface area (Å²) in [7, 11) is 0. The van der Waals surface area contributed by atoms with Crippen LogP contribution >= 0.6 is 0 Å². The lowest BCUT2D eigenvalue weighted by molar-refractivity contribution is -0.121. The molecule has 0 rings (SSSR count). The van der Waals surface area contributed by atoms with Crippen LogP contribution in [0, 0.1) is 0 Å². The van der Waals surface area contributed by atoms with Crippen LogP contribution in [-0.4, -0.2) is 11.6 Å². The van der Waals surface area contributed by atoms with Crippen molar-refractivity contribution in [3.05, 3.63) is 23.8 Å². The number of hydrogen-bond donors (Lipinski definition) is 0. The summed E-state index contributed by atoms with van der Waals surface area (Å²) in [5.74, 6) is 0.141. The second kappa shape index (κ2) is 10.0. The minimum atomic E-state index is 0.0650. The lowest BCUT2D eigenvalue weighted by Gasteiger charge is -1.98. The molecule has 0 aromatic heterocycles. The third-order valence-electron chi connectivity index (χ3n) is 2.46. The minimum absolute atomic E-state index is 0.0650. The van der Waals surface area contributed by atoms with Gasteiger partial charge in [0.05, 0.1) is 0 Å². The van der Waals surface area contributed by atoms with Crippen LogP contribution in [0.15, 0.2) is 23.8 Å². The maximum atomic E-state index is 11.4. The van der Waals surface area contributed by atoms with Crippen LogP contribution in [0.4, 0.5) is 0 Å². The quantitative estimate of drug-likeness (QED) is 0.448. The zero-order valence-electron chi connectivity index (χ0n) is 11.3. The van der Waals surface area contributed by atoms with Gasteiger partial charge in [0.15, 0.2) is 5.78 Å². The van der Waals surface area contributed by atoms with Crippen LogP contribution < -0.4 is 0 Å². The number of Topliss-reactive ketones (excluding diaryl/α,β-unsaturated/α-hetero) is 1. The van der Waals surface area contributed by atoms with Gasteiger partial charge >= 0.3 is 0 Å². The van der Waals surface area contributed by atoms with Crippen molar-refractivity contribution in [1.82, 2.24) is 0 Å². The van der Waals surface area contributed by atoms with E-state index in [0.717, 1.165) is 24.8 Å². The van der Waals surface area contributed by atoms with Gasteiger partial charge in [-0.3, -0.25) is 4.79 Å². The summed E-state index contributed by atoms with van der Waals surface area (Å²) in [4.78, 5) is 22.2. The Hall–Kier alpha value is -1.18. The van der Waals surface area contributed by atoms with Gasteiger partial charge in [0.25, 0.3) is 0 Å². The molecule has 0 saturated carbocycles. The first-order valence-electron chi connectivity index (χ1n) is 6.40. The molecule has 0 bridgehead atoms. The Morgan fingerprint density at radius 1 is 0.941 bits per heavy atom. The number of allylic oxidation sites excluding steroid dienone is 4. The molecule has 0 aliphatic carbocycles. The second-order valence-electron chi connectivity index (χ2n) is 4.46. The molecular weight excluding hydrogens is 212 g/mol. The van der Waals surface area contributed by atoms with Crippen LogP contribution in [0.25, 0.3) is 0 Å². The fraction of sp³-hybridized carbons (Fsp3) is 0.600. The Kier molecular flexibility index (Phi) is 9.31. The monoisotopic (exact) mass is 236 g/mol. The Balaban J connectivity index is 3.83. The molecule has 0 aromatic carbocycles. The predicted molar refractivity (Wildman–Crippen MR) is 72.0 cm³/mol. The first-order chi connectivity index (χ1) is 8.06. The van der Waals surface area contributed by atoms with E-state index in [1.165, 1.54) is 13.3 Å². The number of unbranched alkanes of at least 4 members (excludes halogenated alkanes) is 1. The molecule has 0 radical (unpaired) electrons. The van der Waals surface area contributed by atoms with Gasteiger partial charge in [0, 0.05) is 12.8 Å². The topological polar surface area (TPSA) is 34.1 Å². The van der Waals surface area contributed by atoms with Gasteiger partial charge in [-0.25, -0.2) is 0 Å². The van der Waals surface area contributed by atoms with Crippen molar-refractivity contribution in [2.24, 2.45) is 0 Å². The van der Waals surface area contributed by atoms with Gasteiger partial charge in [-0.15, -0.1) is 0 Å². The van der Waals surface area contributed by atoms with E-state index >= 15 is 0 Å². The second-order valence-corrected chi connectivity index (χ2v) is 4.46. The van der Waals surface area contributed by atoms with E-state index in [-0.39, 0.29) is 11.6 Å². The molecular formula is C15H24O2. The summed E-state index contributed by atoms with van der Waals surface area (Å²) < 4.78 is 0. The van der Waals surface area contributed by atoms with E-state index in [9.17, 15) is 9.59 Å². The van der Waals surface area contributed by atoms with E-state index in [1.54, 1.807) is 6.08 Å². The molecule has 0 saturated heterocycles. The Labute approximate surface area is 105 Å². The van der Waals surface area contributed by atoms with Crippen LogP contribution in [0.3, 0.4) is 0 Å². The average molecular weight is 236 g/mol.